The van der Waals surface area contributed by atoms with E-state index in [2.05, 4.69) is 4.98 Å². The van der Waals surface area contributed by atoms with Gasteiger partial charge in [-0.3, -0.25) is 9.78 Å². The number of fused-ring (bicyclic) bond motifs is 2. The van der Waals surface area contributed by atoms with E-state index in [4.69, 9.17) is 11.6 Å². The topological polar surface area (TPSA) is 50.2 Å². The molecule has 2 aliphatic carbocycles. The number of aromatic nitrogens is 1. The van der Waals surface area contributed by atoms with Crippen molar-refractivity contribution >= 4 is 28.3 Å². The van der Waals surface area contributed by atoms with E-state index in [0.29, 0.717) is 29.7 Å². The van der Waals surface area contributed by atoms with Crippen LogP contribution in [0.4, 0.5) is 4.39 Å². The van der Waals surface area contributed by atoms with Crippen LogP contribution in [0, 0.1) is 23.6 Å². The molecule has 5 heteroatoms. The van der Waals surface area contributed by atoms with Crippen LogP contribution in [0.25, 0.3) is 10.9 Å². The lowest BCUT2D eigenvalue weighted by atomic mass is 9.87. The van der Waals surface area contributed by atoms with Gasteiger partial charge in [-0.15, -0.1) is 0 Å². The van der Waals surface area contributed by atoms with Gasteiger partial charge in [0.2, 0.25) is 0 Å². The third-order valence-electron chi connectivity index (χ3n) is 7.22. The van der Waals surface area contributed by atoms with Gasteiger partial charge >= 0.3 is 0 Å². The molecular formula is C26H25ClFNO2. The Morgan fingerprint density at radius 3 is 2.68 bits per heavy atom. The second kappa shape index (κ2) is 8.33. The first kappa shape index (κ1) is 20.6. The number of carbonyl (C=O) groups is 1. The third-order valence-corrected chi connectivity index (χ3v) is 7.47. The largest absolute Gasteiger partial charge is 0.392 e. The summed E-state index contributed by atoms with van der Waals surface area (Å²) in [5.41, 5.74) is 2.74. The van der Waals surface area contributed by atoms with Gasteiger partial charge in [0.1, 0.15) is 11.6 Å². The Labute approximate surface area is 186 Å². The van der Waals surface area contributed by atoms with E-state index >= 15 is 0 Å². The van der Waals surface area contributed by atoms with E-state index in [1.54, 1.807) is 12.3 Å². The van der Waals surface area contributed by atoms with E-state index in [-0.39, 0.29) is 23.4 Å². The fraction of sp³-hybridized carbons (Fsp3) is 0.385. The van der Waals surface area contributed by atoms with E-state index in [1.165, 1.54) is 12.1 Å². The highest BCUT2D eigenvalue weighted by Gasteiger charge is 2.48. The summed E-state index contributed by atoms with van der Waals surface area (Å²) in [6.07, 6.45) is 5.01. The molecule has 3 nitrogen and oxygen atoms in total. The van der Waals surface area contributed by atoms with Gasteiger partial charge in [0.25, 0.3) is 0 Å². The van der Waals surface area contributed by atoms with Crippen LogP contribution in [0.1, 0.15) is 42.7 Å². The summed E-state index contributed by atoms with van der Waals surface area (Å²) in [7, 11) is 0. The minimum Gasteiger partial charge on any atom is -0.392 e. The first-order valence-corrected chi connectivity index (χ1v) is 11.3. The van der Waals surface area contributed by atoms with Crippen molar-refractivity contribution in [2.24, 2.45) is 17.8 Å². The van der Waals surface area contributed by atoms with Gasteiger partial charge in [-0.25, -0.2) is 4.39 Å². The number of Topliss-reactive ketones (excluding diaryl/α,β-unsaturated/α-hetero) is 1. The quantitative estimate of drug-likeness (QED) is 0.555. The normalized spacial score (nSPS) is 27.5. The smallest absolute Gasteiger partial charge is 0.137 e. The van der Waals surface area contributed by atoms with Gasteiger partial charge in [-0.1, -0.05) is 23.7 Å². The molecule has 3 aromatic rings. The lowest BCUT2D eigenvalue weighted by molar-refractivity contribution is -0.119. The Hall–Kier alpha value is -2.30. The van der Waals surface area contributed by atoms with Crippen molar-refractivity contribution in [3.63, 3.8) is 0 Å². The summed E-state index contributed by atoms with van der Waals surface area (Å²) in [6, 6.07) is 14.0. The van der Waals surface area contributed by atoms with Crippen LogP contribution in [-0.4, -0.2) is 22.0 Å². The zero-order chi connectivity index (χ0) is 21.5. The number of benzene rings is 2. The maximum absolute atomic E-state index is 13.9. The third kappa shape index (κ3) is 4.11. The maximum Gasteiger partial charge on any atom is 0.137 e. The lowest BCUT2D eigenvalue weighted by Crippen LogP contribution is -2.21. The molecule has 0 radical (unpaired) electrons. The van der Waals surface area contributed by atoms with Crippen LogP contribution in [-0.2, 0) is 11.2 Å². The van der Waals surface area contributed by atoms with Gasteiger partial charge in [0.15, 0.2) is 0 Å². The summed E-state index contributed by atoms with van der Waals surface area (Å²) < 4.78 is 13.9. The molecule has 2 saturated carbocycles. The second-order valence-corrected chi connectivity index (χ2v) is 9.64. The number of pyridine rings is 1. The SMILES string of the molecule is O=C(Cc1ccc(Cl)cc1)C[C@@H]1C[C@@H]2CC(c3ccnc4ccc(F)cc34)C(O)[C@@H]2C1. The van der Waals surface area contributed by atoms with Crippen molar-refractivity contribution in [2.75, 3.05) is 0 Å². The fourth-order valence-electron chi connectivity index (χ4n) is 5.89. The molecule has 5 rings (SSSR count). The Bertz CT molecular complexity index is 1120. The molecule has 2 unspecified atom stereocenters. The van der Waals surface area contributed by atoms with Crippen LogP contribution in [0.3, 0.4) is 0 Å². The fourth-order valence-corrected chi connectivity index (χ4v) is 6.02. The summed E-state index contributed by atoms with van der Waals surface area (Å²) in [5, 5.41) is 12.6. The first-order valence-electron chi connectivity index (χ1n) is 11.0. The minimum absolute atomic E-state index is 0.00646. The number of aliphatic hydroxyl groups excluding tert-OH is 1. The van der Waals surface area contributed by atoms with Crippen LogP contribution < -0.4 is 0 Å². The molecule has 1 aromatic heterocycles. The number of nitrogens with zero attached hydrogens (tertiary/aromatic N) is 1. The number of aliphatic hydroxyl groups is 1. The highest BCUT2D eigenvalue weighted by atomic mass is 35.5. The summed E-state index contributed by atoms with van der Waals surface area (Å²) in [4.78, 5) is 16.9. The average Bonchev–Trinajstić information content (AvgIpc) is 3.27. The van der Waals surface area contributed by atoms with E-state index in [1.807, 2.05) is 30.3 Å². The summed E-state index contributed by atoms with van der Waals surface area (Å²) in [5.74, 6) is 0.896. The molecule has 5 atom stereocenters. The Balaban J connectivity index is 1.25. The zero-order valence-corrected chi connectivity index (χ0v) is 17.9. The monoisotopic (exact) mass is 437 g/mol. The molecule has 0 aliphatic heterocycles. The molecule has 0 amide bonds. The molecule has 0 saturated heterocycles. The van der Waals surface area contributed by atoms with Crippen molar-refractivity contribution in [3.8, 4) is 0 Å². The number of hydrogen-bond acceptors (Lipinski definition) is 3. The van der Waals surface area contributed by atoms with Crippen LogP contribution in [0.2, 0.25) is 5.02 Å². The number of hydrogen-bond donors (Lipinski definition) is 1. The number of rotatable bonds is 5. The minimum atomic E-state index is -0.463. The van der Waals surface area contributed by atoms with Crippen LogP contribution in [0.15, 0.2) is 54.7 Å². The molecule has 0 spiro atoms. The standard InChI is InChI=1S/C26H25ClFNO2/c27-18-3-1-15(2-4-18)10-20(30)11-16-9-17-13-24(26(31)22(17)12-16)21-7-8-29-25-6-5-19(28)14-23(21)25/h1-8,14,16-17,22,24,26,31H,9-13H2/t16-,17+,22+,24?,26?/m0/s1. The molecule has 1 heterocycles. The predicted molar refractivity (Wildman–Crippen MR) is 120 cm³/mol. The summed E-state index contributed by atoms with van der Waals surface area (Å²) in [6.45, 7) is 0. The van der Waals surface area contributed by atoms with Crippen molar-refractivity contribution in [1.29, 1.82) is 0 Å². The van der Waals surface area contributed by atoms with Gasteiger partial charge in [0.05, 0.1) is 11.6 Å². The maximum atomic E-state index is 13.9. The number of carbonyl (C=O) groups excluding carboxylic acids is 1. The average molecular weight is 438 g/mol. The molecule has 160 valence electrons. The highest BCUT2D eigenvalue weighted by molar-refractivity contribution is 6.30. The van der Waals surface area contributed by atoms with Crippen molar-refractivity contribution in [2.45, 2.75) is 44.1 Å². The highest BCUT2D eigenvalue weighted by Crippen LogP contribution is 2.54. The zero-order valence-electron chi connectivity index (χ0n) is 17.2. The van der Waals surface area contributed by atoms with E-state index < -0.39 is 6.10 Å². The van der Waals surface area contributed by atoms with Crippen molar-refractivity contribution < 1.29 is 14.3 Å². The molecule has 2 aromatic carbocycles. The lowest BCUT2D eigenvalue weighted by Gasteiger charge is -2.21. The molecular weight excluding hydrogens is 413 g/mol. The predicted octanol–water partition coefficient (Wildman–Crippen LogP) is 5.72. The Morgan fingerprint density at radius 1 is 1.10 bits per heavy atom. The molecule has 2 fully saturated rings. The molecule has 1 N–H and O–H groups in total. The van der Waals surface area contributed by atoms with E-state index in [9.17, 15) is 14.3 Å². The number of halogens is 2. The first-order chi connectivity index (χ1) is 15.0. The molecule has 31 heavy (non-hydrogen) atoms. The van der Waals surface area contributed by atoms with Gasteiger partial charge in [-0.05, 0) is 84.5 Å². The van der Waals surface area contributed by atoms with Crippen LogP contribution in [0.5, 0.6) is 0 Å². The van der Waals surface area contributed by atoms with Gasteiger partial charge in [0, 0.05) is 35.4 Å². The van der Waals surface area contributed by atoms with Gasteiger partial charge < -0.3 is 5.11 Å². The molecule has 0 bridgehead atoms. The molecule has 2 aliphatic rings. The van der Waals surface area contributed by atoms with Crippen molar-refractivity contribution in [3.05, 3.63) is 76.7 Å². The Morgan fingerprint density at radius 2 is 1.90 bits per heavy atom. The number of ketones is 1. The second-order valence-electron chi connectivity index (χ2n) is 9.20. The Kier molecular flexibility index (Phi) is 5.53. The van der Waals surface area contributed by atoms with Gasteiger partial charge in [-0.2, -0.15) is 0 Å². The van der Waals surface area contributed by atoms with E-state index in [0.717, 1.165) is 41.3 Å². The van der Waals surface area contributed by atoms with Crippen molar-refractivity contribution in [1.82, 2.24) is 4.98 Å². The van der Waals surface area contributed by atoms with Crippen LogP contribution >= 0.6 is 11.6 Å². The summed E-state index contributed by atoms with van der Waals surface area (Å²) >= 11 is 5.92.